The second-order valence-electron chi connectivity index (χ2n) is 5.70. The van der Waals surface area contributed by atoms with Gasteiger partial charge >= 0.3 is 0 Å². The number of hydrogen-bond donors (Lipinski definition) is 3. The van der Waals surface area contributed by atoms with Crippen LogP contribution in [0.15, 0.2) is 24.3 Å². The molecule has 0 aliphatic heterocycles. The fraction of sp³-hybridized carbons (Fsp3) is 0.562. The molecule has 1 aliphatic carbocycles. The fourth-order valence-corrected chi connectivity index (χ4v) is 2.95. The van der Waals surface area contributed by atoms with E-state index in [2.05, 4.69) is 10.6 Å². The minimum atomic E-state index is -0.123. The molecule has 0 atom stereocenters. The first-order valence-electron chi connectivity index (χ1n) is 7.37. The van der Waals surface area contributed by atoms with Gasteiger partial charge in [0.1, 0.15) is 0 Å². The van der Waals surface area contributed by atoms with Gasteiger partial charge in [-0.25, -0.2) is 0 Å². The highest BCUT2D eigenvalue weighted by Crippen LogP contribution is 2.35. The second kappa shape index (κ2) is 6.75. The third kappa shape index (κ3) is 3.31. The highest BCUT2D eigenvalue weighted by molar-refractivity contribution is 5.99. The summed E-state index contributed by atoms with van der Waals surface area (Å²) in [7, 11) is 1.81. The van der Waals surface area contributed by atoms with Gasteiger partial charge in [-0.1, -0.05) is 31.4 Å². The van der Waals surface area contributed by atoms with Crippen molar-refractivity contribution in [2.45, 2.75) is 32.1 Å². The van der Waals surface area contributed by atoms with Crippen LogP contribution >= 0.6 is 0 Å². The van der Waals surface area contributed by atoms with E-state index < -0.39 is 0 Å². The molecule has 0 bridgehead atoms. The number of carbonyl (C=O) groups excluding carboxylic acids is 1. The Hall–Kier alpha value is -1.55. The summed E-state index contributed by atoms with van der Waals surface area (Å²) in [5.74, 6) is -0.0756. The molecule has 1 aliphatic rings. The van der Waals surface area contributed by atoms with E-state index in [1.807, 2.05) is 31.3 Å². The lowest BCUT2D eigenvalue weighted by molar-refractivity contribution is 0.0718. The lowest BCUT2D eigenvalue weighted by atomic mass is 9.74. The number of hydrogen-bond acceptors (Lipinski definition) is 3. The summed E-state index contributed by atoms with van der Waals surface area (Å²) in [5, 5.41) is 15.7. The van der Waals surface area contributed by atoms with E-state index in [9.17, 15) is 9.90 Å². The Kier molecular flexibility index (Phi) is 5.01. The summed E-state index contributed by atoms with van der Waals surface area (Å²) < 4.78 is 0. The number of anilines is 1. The summed E-state index contributed by atoms with van der Waals surface area (Å²) in [5.41, 5.74) is 1.35. The van der Waals surface area contributed by atoms with E-state index in [0.29, 0.717) is 12.1 Å². The van der Waals surface area contributed by atoms with Gasteiger partial charge in [0.15, 0.2) is 0 Å². The first kappa shape index (κ1) is 14.9. The molecule has 0 spiro atoms. The summed E-state index contributed by atoms with van der Waals surface area (Å²) in [4.78, 5) is 12.3. The highest BCUT2D eigenvalue weighted by Gasteiger charge is 2.31. The van der Waals surface area contributed by atoms with Crippen molar-refractivity contribution in [1.29, 1.82) is 0 Å². The molecule has 4 nitrogen and oxygen atoms in total. The Morgan fingerprint density at radius 2 is 1.95 bits per heavy atom. The molecule has 0 aromatic heterocycles. The minimum absolute atomic E-state index is 0.0756. The summed E-state index contributed by atoms with van der Waals surface area (Å²) in [6.45, 7) is 0.710. The van der Waals surface area contributed by atoms with Gasteiger partial charge in [0.25, 0.3) is 5.91 Å². The molecular formula is C16H24N2O2. The van der Waals surface area contributed by atoms with Crippen molar-refractivity contribution in [3.63, 3.8) is 0 Å². The summed E-state index contributed by atoms with van der Waals surface area (Å²) in [6, 6.07) is 7.46. The van der Waals surface area contributed by atoms with Crippen molar-refractivity contribution < 1.29 is 9.90 Å². The van der Waals surface area contributed by atoms with E-state index in [1.165, 1.54) is 6.42 Å². The number of aliphatic hydroxyl groups excluding tert-OH is 1. The molecule has 0 saturated heterocycles. The largest absolute Gasteiger partial charge is 0.396 e. The molecule has 0 heterocycles. The Labute approximate surface area is 120 Å². The van der Waals surface area contributed by atoms with Gasteiger partial charge in [0, 0.05) is 24.7 Å². The lowest BCUT2D eigenvalue weighted by Gasteiger charge is -2.35. The third-order valence-corrected chi connectivity index (χ3v) is 4.31. The number of rotatable bonds is 5. The van der Waals surface area contributed by atoms with Gasteiger partial charge in [-0.05, 0) is 25.0 Å². The number of carbonyl (C=O) groups is 1. The van der Waals surface area contributed by atoms with E-state index in [-0.39, 0.29) is 17.9 Å². The summed E-state index contributed by atoms with van der Waals surface area (Å²) >= 11 is 0. The molecular weight excluding hydrogens is 252 g/mol. The monoisotopic (exact) mass is 276 g/mol. The van der Waals surface area contributed by atoms with Gasteiger partial charge < -0.3 is 15.7 Å². The Morgan fingerprint density at radius 3 is 2.60 bits per heavy atom. The zero-order valence-electron chi connectivity index (χ0n) is 12.1. The van der Waals surface area contributed by atoms with Gasteiger partial charge in [-0.3, -0.25) is 4.79 Å². The van der Waals surface area contributed by atoms with Gasteiger partial charge in [-0.15, -0.1) is 0 Å². The van der Waals surface area contributed by atoms with E-state index >= 15 is 0 Å². The average molecular weight is 276 g/mol. The maximum atomic E-state index is 12.3. The lowest BCUT2D eigenvalue weighted by Crippen LogP contribution is -2.41. The van der Waals surface area contributed by atoms with Crippen LogP contribution in [-0.2, 0) is 0 Å². The Morgan fingerprint density at radius 1 is 1.25 bits per heavy atom. The molecule has 2 rings (SSSR count). The van der Waals surface area contributed by atoms with Crippen LogP contribution in [0, 0.1) is 5.41 Å². The van der Waals surface area contributed by atoms with Crippen molar-refractivity contribution in [3.05, 3.63) is 29.8 Å². The Balaban J connectivity index is 2.00. The first-order valence-corrected chi connectivity index (χ1v) is 7.37. The molecule has 4 heteroatoms. The van der Waals surface area contributed by atoms with Crippen molar-refractivity contribution in [2.75, 3.05) is 25.5 Å². The van der Waals surface area contributed by atoms with Crippen molar-refractivity contribution in [2.24, 2.45) is 5.41 Å². The van der Waals surface area contributed by atoms with Crippen LogP contribution in [0.5, 0.6) is 0 Å². The molecule has 1 amide bonds. The van der Waals surface area contributed by atoms with Gasteiger partial charge in [-0.2, -0.15) is 0 Å². The van der Waals surface area contributed by atoms with Crippen LogP contribution in [0.4, 0.5) is 5.69 Å². The number of nitrogens with one attached hydrogen (secondary N) is 2. The predicted molar refractivity (Wildman–Crippen MR) is 80.9 cm³/mol. The third-order valence-electron chi connectivity index (χ3n) is 4.31. The van der Waals surface area contributed by atoms with E-state index in [4.69, 9.17) is 0 Å². The van der Waals surface area contributed by atoms with E-state index in [1.54, 1.807) is 0 Å². The van der Waals surface area contributed by atoms with Crippen LogP contribution in [0.25, 0.3) is 0 Å². The standard InChI is InChI=1S/C16H24N2O2/c1-17-14-8-4-3-7-13(14)15(20)18-11-16(12-19)9-5-2-6-10-16/h3-4,7-8,17,19H,2,5-6,9-12H2,1H3,(H,18,20). The molecule has 1 aromatic carbocycles. The summed E-state index contributed by atoms with van der Waals surface area (Å²) in [6.07, 6.45) is 5.51. The van der Waals surface area contributed by atoms with Crippen molar-refractivity contribution >= 4 is 11.6 Å². The fourth-order valence-electron chi connectivity index (χ4n) is 2.95. The maximum Gasteiger partial charge on any atom is 0.253 e. The molecule has 20 heavy (non-hydrogen) atoms. The smallest absolute Gasteiger partial charge is 0.253 e. The SMILES string of the molecule is CNc1ccccc1C(=O)NCC1(CO)CCCCC1. The van der Waals surface area contributed by atoms with Crippen LogP contribution in [0.3, 0.4) is 0 Å². The number of aliphatic hydroxyl groups is 1. The molecule has 1 fully saturated rings. The minimum Gasteiger partial charge on any atom is -0.396 e. The number of para-hydroxylation sites is 1. The van der Waals surface area contributed by atoms with Crippen molar-refractivity contribution in [1.82, 2.24) is 5.32 Å². The highest BCUT2D eigenvalue weighted by atomic mass is 16.3. The zero-order chi connectivity index (χ0) is 14.4. The van der Waals surface area contributed by atoms with Crippen LogP contribution in [0.2, 0.25) is 0 Å². The van der Waals surface area contributed by atoms with Gasteiger partial charge in [0.05, 0.1) is 12.2 Å². The van der Waals surface area contributed by atoms with Crippen LogP contribution in [-0.4, -0.2) is 31.2 Å². The Bertz CT molecular complexity index is 454. The molecule has 0 radical (unpaired) electrons. The quantitative estimate of drug-likeness (QED) is 0.774. The second-order valence-corrected chi connectivity index (χ2v) is 5.70. The molecule has 0 unspecified atom stereocenters. The van der Waals surface area contributed by atoms with Crippen LogP contribution < -0.4 is 10.6 Å². The normalized spacial score (nSPS) is 17.5. The van der Waals surface area contributed by atoms with Gasteiger partial charge in [0.2, 0.25) is 0 Å². The number of benzene rings is 1. The average Bonchev–Trinajstić information content (AvgIpc) is 2.53. The molecule has 1 aromatic rings. The maximum absolute atomic E-state index is 12.3. The van der Waals surface area contributed by atoms with E-state index in [0.717, 1.165) is 31.4 Å². The molecule has 3 N–H and O–H groups in total. The first-order chi connectivity index (χ1) is 9.71. The predicted octanol–water partition coefficient (Wildman–Crippen LogP) is 2.40. The molecule has 110 valence electrons. The van der Waals surface area contributed by atoms with Crippen LogP contribution in [0.1, 0.15) is 42.5 Å². The van der Waals surface area contributed by atoms with Crippen molar-refractivity contribution in [3.8, 4) is 0 Å². The topological polar surface area (TPSA) is 61.4 Å². The molecule has 1 saturated carbocycles. The zero-order valence-corrected chi connectivity index (χ0v) is 12.1. The number of amides is 1.